The lowest BCUT2D eigenvalue weighted by molar-refractivity contribution is 0.111. The number of aldehydes is 2. The number of benzene rings is 3. The molecule has 0 bridgehead atoms. The molecule has 0 aromatic heterocycles. The van der Waals surface area contributed by atoms with Gasteiger partial charge in [-0.05, 0) is 72.8 Å². The van der Waals surface area contributed by atoms with Gasteiger partial charge in [-0.2, -0.15) is 0 Å². The maximum absolute atomic E-state index is 10.6. The molecule has 4 nitrogen and oxygen atoms in total. The normalized spacial score (nSPS) is 10.0. The van der Waals surface area contributed by atoms with Crippen LogP contribution in [-0.4, -0.2) is 12.6 Å². The van der Waals surface area contributed by atoms with Crippen LogP contribution in [0.5, 0.6) is 23.0 Å². The summed E-state index contributed by atoms with van der Waals surface area (Å²) >= 11 is 0. The molecule has 0 radical (unpaired) electrons. The summed E-state index contributed by atoms with van der Waals surface area (Å²) in [5, 5.41) is 0. The fraction of sp³-hybridized carbons (Fsp3) is 0. The van der Waals surface area contributed by atoms with Gasteiger partial charge in [-0.15, -0.1) is 0 Å². The highest BCUT2D eigenvalue weighted by Crippen LogP contribution is 2.26. The predicted molar refractivity (Wildman–Crippen MR) is 90.2 cm³/mol. The van der Waals surface area contributed by atoms with E-state index in [2.05, 4.69) is 0 Å². The van der Waals surface area contributed by atoms with E-state index in [1.165, 1.54) is 0 Å². The van der Waals surface area contributed by atoms with Crippen LogP contribution in [0.25, 0.3) is 0 Å². The van der Waals surface area contributed by atoms with Crippen molar-refractivity contribution in [2.45, 2.75) is 0 Å². The zero-order valence-electron chi connectivity index (χ0n) is 12.7. The van der Waals surface area contributed by atoms with E-state index in [-0.39, 0.29) is 0 Å². The molecule has 0 saturated carbocycles. The minimum absolute atomic E-state index is 0.603. The van der Waals surface area contributed by atoms with E-state index in [1.54, 1.807) is 72.8 Å². The van der Waals surface area contributed by atoms with Crippen molar-refractivity contribution in [1.82, 2.24) is 0 Å². The van der Waals surface area contributed by atoms with Gasteiger partial charge in [0.05, 0.1) is 0 Å². The standard InChI is InChI=1S/C20H14O4/c21-13-15-1-5-17(6-2-15)23-19-9-11-20(12-10-19)24-18-7-3-16(14-22)4-8-18/h1-14H. The Labute approximate surface area is 139 Å². The third-order valence-corrected chi connectivity index (χ3v) is 3.33. The van der Waals surface area contributed by atoms with Gasteiger partial charge >= 0.3 is 0 Å². The first-order valence-corrected chi connectivity index (χ1v) is 7.33. The average Bonchev–Trinajstić information content (AvgIpc) is 2.65. The molecule has 24 heavy (non-hydrogen) atoms. The Balaban J connectivity index is 1.65. The zero-order valence-corrected chi connectivity index (χ0v) is 12.7. The summed E-state index contributed by atoms with van der Waals surface area (Å²) < 4.78 is 11.4. The second kappa shape index (κ2) is 7.24. The Kier molecular flexibility index (Phi) is 4.68. The van der Waals surface area contributed by atoms with Gasteiger partial charge in [0.15, 0.2) is 0 Å². The van der Waals surface area contributed by atoms with Crippen LogP contribution in [0.15, 0.2) is 72.8 Å². The van der Waals surface area contributed by atoms with Crippen LogP contribution in [0.1, 0.15) is 20.7 Å². The van der Waals surface area contributed by atoms with Gasteiger partial charge in [-0.3, -0.25) is 9.59 Å². The minimum Gasteiger partial charge on any atom is -0.457 e. The highest BCUT2D eigenvalue weighted by atomic mass is 16.5. The van der Waals surface area contributed by atoms with Crippen LogP contribution in [0, 0.1) is 0 Å². The molecular formula is C20H14O4. The summed E-state index contributed by atoms with van der Waals surface area (Å²) in [6, 6.07) is 20.9. The minimum atomic E-state index is 0.603. The number of carbonyl (C=O) groups excluding carboxylic acids is 2. The largest absolute Gasteiger partial charge is 0.457 e. The van der Waals surface area contributed by atoms with E-state index in [1.807, 2.05) is 0 Å². The van der Waals surface area contributed by atoms with Gasteiger partial charge in [0.25, 0.3) is 0 Å². The van der Waals surface area contributed by atoms with Gasteiger partial charge in [-0.1, -0.05) is 0 Å². The molecular weight excluding hydrogens is 304 g/mol. The maximum Gasteiger partial charge on any atom is 0.150 e. The number of ether oxygens (including phenoxy) is 2. The van der Waals surface area contributed by atoms with E-state index in [4.69, 9.17) is 9.47 Å². The lowest BCUT2D eigenvalue weighted by Crippen LogP contribution is -1.87. The van der Waals surface area contributed by atoms with E-state index >= 15 is 0 Å². The molecule has 0 amide bonds. The highest BCUT2D eigenvalue weighted by Gasteiger charge is 2.01. The summed E-state index contributed by atoms with van der Waals surface area (Å²) in [5.74, 6) is 2.63. The first-order valence-electron chi connectivity index (χ1n) is 7.33. The summed E-state index contributed by atoms with van der Waals surface area (Å²) in [4.78, 5) is 21.3. The third-order valence-electron chi connectivity index (χ3n) is 3.33. The molecule has 3 aromatic carbocycles. The fourth-order valence-electron chi connectivity index (χ4n) is 2.08. The monoisotopic (exact) mass is 318 g/mol. The molecule has 0 unspecified atom stereocenters. The number of hydrogen-bond donors (Lipinski definition) is 0. The highest BCUT2D eigenvalue weighted by molar-refractivity contribution is 5.75. The van der Waals surface area contributed by atoms with E-state index in [0.29, 0.717) is 34.1 Å². The van der Waals surface area contributed by atoms with Crippen molar-refractivity contribution in [2.24, 2.45) is 0 Å². The predicted octanol–water partition coefficient (Wildman–Crippen LogP) is 4.90. The Morgan fingerprint density at radius 2 is 0.708 bits per heavy atom. The van der Waals surface area contributed by atoms with E-state index in [9.17, 15) is 9.59 Å². The lowest BCUT2D eigenvalue weighted by Gasteiger charge is -2.08. The van der Waals surface area contributed by atoms with Crippen molar-refractivity contribution >= 4 is 12.6 Å². The van der Waals surface area contributed by atoms with Gasteiger partial charge in [0.1, 0.15) is 35.6 Å². The van der Waals surface area contributed by atoms with Crippen molar-refractivity contribution in [3.8, 4) is 23.0 Å². The number of hydrogen-bond acceptors (Lipinski definition) is 4. The van der Waals surface area contributed by atoms with Crippen LogP contribution >= 0.6 is 0 Å². The Hall–Kier alpha value is -3.40. The van der Waals surface area contributed by atoms with Crippen molar-refractivity contribution in [2.75, 3.05) is 0 Å². The summed E-state index contributed by atoms with van der Waals surface area (Å²) in [5.41, 5.74) is 1.21. The molecule has 3 aromatic rings. The molecule has 0 heterocycles. The van der Waals surface area contributed by atoms with Crippen molar-refractivity contribution in [3.05, 3.63) is 83.9 Å². The summed E-state index contributed by atoms with van der Waals surface area (Å²) in [7, 11) is 0. The van der Waals surface area contributed by atoms with Crippen LogP contribution in [0.3, 0.4) is 0 Å². The van der Waals surface area contributed by atoms with Crippen molar-refractivity contribution in [3.63, 3.8) is 0 Å². The lowest BCUT2D eigenvalue weighted by atomic mass is 10.2. The molecule has 0 saturated heterocycles. The van der Waals surface area contributed by atoms with Gasteiger partial charge in [0.2, 0.25) is 0 Å². The van der Waals surface area contributed by atoms with Crippen molar-refractivity contribution < 1.29 is 19.1 Å². The molecule has 0 aliphatic heterocycles. The molecule has 3 rings (SSSR count). The molecule has 0 aliphatic rings. The fourth-order valence-corrected chi connectivity index (χ4v) is 2.08. The van der Waals surface area contributed by atoms with Gasteiger partial charge in [-0.25, -0.2) is 0 Å². The van der Waals surface area contributed by atoms with E-state index < -0.39 is 0 Å². The Morgan fingerprint density at radius 1 is 0.458 bits per heavy atom. The SMILES string of the molecule is O=Cc1ccc(Oc2ccc(Oc3ccc(C=O)cc3)cc2)cc1. The number of rotatable bonds is 6. The first kappa shape index (κ1) is 15.5. The molecule has 118 valence electrons. The van der Waals surface area contributed by atoms with Gasteiger partial charge < -0.3 is 9.47 Å². The second-order valence-electron chi connectivity index (χ2n) is 5.05. The smallest absolute Gasteiger partial charge is 0.150 e. The van der Waals surface area contributed by atoms with Crippen LogP contribution in [0.2, 0.25) is 0 Å². The van der Waals surface area contributed by atoms with Crippen LogP contribution in [0.4, 0.5) is 0 Å². The third kappa shape index (κ3) is 3.87. The van der Waals surface area contributed by atoms with Crippen molar-refractivity contribution in [1.29, 1.82) is 0 Å². The molecule has 0 atom stereocenters. The first-order chi connectivity index (χ1) is 11.8. The molecule has 0 fully saturated rings. The van der Waals surface area contributed by atoms with Gasteiger partial charge in [0, 0.05) is 11.1 Å². The Bertz CT molecular complexity index is 747. The Morgan fingerprint density at radius 3 is 0.958 bits per heavy atom. The molecule has 0 aliphatic carbocycles. The topological polar surface area (TPSA) is 52.6 Å². The van der Waals surface area contributed by atoms with E-state index in [0.717, 1.165) is 12.6 Å². The molecule has 4 heteroatoms. The quantitative estimate of drug-likeness (QED) is 0.607. The summed E-state index contributed by atoms with van der Waals surface area (Å²) in [6.45, 7) is 0. The zero-order chi connectivity index (χ0) is 16.8. The van der Waals surface area contributed by atoms with Crippen LogP contribution < -0.4 is 9.47 Å². The summed E-state index contributed by atoms with van der Waals surface area (Å²) in [6.07, 6.45) is 1.58. The molecule has 0 spiro atoms. The maximum atomic E-state index is 10.6. The number of carbonyl (C=O) groups is 2. The average molecular weight is 318 g/mol. The second-order valence-corrected chi connectivity index (χ2v) is 5.05. The van der Waals surface area contributed by atoms with Crippen LogP contribution in [-0.2, 0) is 0 Å². The molecule has 0 N–H and O–H groups in total.